The maximum Gasteiger partial charge on any atom is 0.254 e. The van der Waals surface area contributed by atoms with Gasteiger partial charge in [-0.05, 0) is 47.2 Å². The van der Waals surface area contributed by atoms with Crippen molar-refractivity contribution < 1.29 is 14.3 Å². The number of anilines is 1. The van der Waals surface area contributed by atoms with Crippen LogP contribution in [0.5, 0.6) is 0 Å². The molecule has 0 spiro atoms. The van der Waals surface area contributed by atoms with Crippen LogP contribution < -0.4 is 5.32 Å². The van der Waals surface area contributed by atoms with Gasteiger partial charge in [-0.3, -0.25) is 9.59 Å². The highest BCUT2D eigenvalue weighted by molar-refractivity contribution is 7.10. The summed E-state index contributed by atoms with van der Waals surface area (Å²) in [6.45, 7) is 2.91. The number of nitrogens with zero attached hydrogens (tertiary/aromatic N) is 1. The first-order valence-corrected chi connectivity index (χ1v) is 11.3. The van der Waals surface area contributed by atoms with E-state index in [1.54, 1.807) is 29.4 Å². The van der Waals surface area contributed by atoms with E-state index in [4.69, 9.17) is 4.74 Å². The number of hydrogen-bond acceptors (Lipinski definition) is 4. The molecule has 1 aliphatic rings. The fourth-order valence-electron chi connectivity index (χ4n) is 4.18. The summed E-state index contributed by atoms with van der Waals surface area (Å²) in [5.41, 5.74) is 3.28. The van der Waals surface area contributed by atoms with Gasteiger partial charge < -0.3 is 15.0 Å². The molecule has 4 rings (SSSR count). The molecule has 160 valence electrons. The lowest BCUT2D eigenvalue weighted by Gasteiger charge is -2.41. The van der Waals surface area contributed by atoms with E-state index in [1.165, 1.54) is 0 Å². The Bertz CT molecular complexity index is 1060. The van der Waals surface area contributed by atoms with Crippen LogP contribution in [-0.2, 0) is 16.0 Å². The molecule has 2 atom stereocenters. The van der Waals surface area contributed by atoms with Crippen molar-refractivity contribution in [3.63, 3.8) is 0 Å². The average Bonchev–Trinajstić information content (AvgIpc) is 3.33. The van der Waals surface area contributed by atoms with Crippen molar-refractivity contribution in [1.82, 2.24) is 4.90 Å². The minimum Gasteiger partial charge on any atom is -0.383 e. The van der Waals surface area contributed by atoms with Crippen molar-refractivity contribution >= 4 is 28.8 Å². The summed E-state index contributed by atoms with van der Waals surface area (Å²) in [4.78, 5) is 29.8. The minimum atomic E-state index is -0.519. The summed E-state index contributed by atoms with van der Waals surface area (Å²) in [6, 6.07) is 18.9. The SMILES string of the molecule is CCc1cccc(NC(=O)[C@H]2c3ccccc3C(=O)N(CCOC)[C@H]2c2cccs2)c1. The molecule has 6 heteroatoms. The molecular formula is C25H26N2O3S. The van der Waals surface area contributed by atoms with Crippen LogP contribution >= 0.6 is 11.3 Å². The maximum absolute atomic E-state index is 13.7. The number of hydrogen-bond donors (Lipinski definition) is 1. The van der Waals surface area contributed by atoms with Crippen LogP contribution in [0.1, 0.15) is 45.2 Å². The molecule has 0 radical (unpaired) electrons. The van der Waals surface area contributed by atoms with Gasteiger partial charge in [-0.2, -0.15) is 0 Å². The van der Waals surface area contributed by atoms with Crippen molar-refractivity contribution in [3.8, 4) is 0 Å². The van der Waals surface area contributed by atoms with Gasteiger partial charge in [0.15, 0.2) is 0 Å². The lowest BCUT2D eigenvalue weighted by atomic mass is 9.81. The van der Waals surface area contributed by atoms with Gasteiger partial charge in [-0.1, -0.05) is 43.3 Å². The molecule has 0 bridgehead atoms. The molecule has 2 amide bonds. The third kappa shape index (κ3) is 4.27. The number of methoxy groups -OCH3 is 1. The second kappa shape index (κ2) is 9.45. The third-order valence-electron chi connectivity index (χ3n) is 5.69. The molecule has 0 aliphatic carbocycles. The van der Waals surface area contributed by atoms with Crippen molar-refractivity contribution in [2.24, 2.45) is 0 Å². The monoisotopic (exact) mass is 434 g/mol. The average molecular weight is 435 g/mol. The topological polar surface area (TPSA) is 58.6 Å². The Morgan fingerprint density at radius 1 is 1.13 bits per heavy atom. The first-order chi connectivity index (χ1) is 15.1. The summed E-state index contributed by atoms with van der Waals surface area (Å²) < 4.78 is 5.27. The first-order valence-electron chi connectivity index (χ1n) is 10.5. The van der Waals surface area contributed by atoms with Crippen LogP contribution in [0, 0.1) is 0 Å². The summed E-state index contributed by atoms with van der Waals surface area (Å²) in [7, 11) is 1.62. The fraction of sp³-hybridized carbons (Fsp3) is 0.280. The number of carbonyl (C=O) groups is 2. The Morgan fingerprint density at radius 3 is 2.71 bits per heavy atom. The Labute approximate surface area is 186 Å². The van der Waals surface area contributed by atoms with E-state index in [0.717, 1.165) is 28.1 Å². The second-order valence-electron chi connectivity index (χ2n) is 7.56. The van der Waals surface area contributed by atoms with Gasteiger partial charge >= 0.3 is 0 Å². The predicted molar refractivity (Wildman–Crippen MR) is 124 cm³/mol. The van der Waals surface area contributed by atoms with Gasteiger partial charge in [0, 0.05) is 29.8 Å². The summed E-state index contributed by atoms with van der Waals surface area (Å²) in [6.07, 6.45) is 0.896. The smallest absolute Gasteiger partial charge is 0.254 e. The van der Waals surface area contributed by atoms with E-state index < -0.39 is 5.92 Å². The van der Waals surface area contributed by atoms with E-state index in [-0.39, 0.29) is 17.9 Å². The molecule has 0 fully saturated rings. The van der Waals surface area contributed by atoms with E-state index >= 15 is 0 Å². The first kappa shape index (κ1) is 21.3. The molecule has 0 unspecified atom stereocenters. The molecule has 3 aromatic rings. The van der Waals surface area contributed by atoms with E-state index in [0.29, 0.717) is 18.7 Å². The molecule has 1 aromatic heterocycles. The van der Waals surface area contributed by atoms with Crippen LogP contribution in [0.15, 0.2) is 66.0 Å². The third-order valence-corrected chi connectivity index (χ3v) is 6.64. The molecule has 0 saturated carbocycles. The molecule has 1 aliphatic heterocycles. The maximum atomic E-state index is 13.7. The molecule has 2 heterocycles. The quantitative estimate of drug-likeness (QED) is 0.577. The molecule has 0 saturated heterocycles. The molecule has 31 heavy (non-hydrogen) atoms. The lowest BCUT2D eigenvalue weighted by molar-refractivity contribution is -0.119. The molecular weight excluding hydrogens is 408 g/mol. The number of carbonyl (C=O) groups excluding carboxylic acids is 2. The van der Waals surface area contributed by atoms with Gasteiger partial charge in [-0.15, -0.1) is 11.3 Å². The van der Waals surface area contributed by atoms with Crippen LogP contribution in [-0.4, -0.2) is 37.0 Å². The summed E-state index contributed by atoms with van der Waals surface area (Å²) >= 11 is 1.56. The highest BCUT2D eigenvalue weighted by Gasteiger charge is 2.44. The van der Waals surface area contributed by atoms with Crippen LogP contribution in [0.2, 0.25) is 0 Å². The number of fused-ring (bicyclic) bond motifs is 1. The Balaban J connectivity index is 1.78. The van der Waals surface area contributed by atoms with E-state index in [1.807, 2.05) is 60.0 Å². The van der Waals surface area contributed by atoms with Gasteiger partial charge in [0.1, 0.15) is 0 Å². The van der Waals surface area contributed by atoms with Crippen LogP contribution in [0.4, 0.5) is 5.69 Å². The van der Waals surface area contributed by atoms with Crippen molar-refractivity contribution in [1.29, 1.82) is 0 Å². The van der Waals surface area contributed by atoms with Crippen molar-refractivity contribution in [3.05, 3.63) is 87.6 Å². The van der Waals surface area contributed by atoms with E-state index in [9.17, 15) is 9.59 Å². The van der Waals surface area contributed by atoms with Gasteiger partial charge in [-0.25, -0.2) is 0 Å². The number of rotatable bonds is 7. The fourth-order valence-corrected chi connectivity index (χ4v) is 5.05. The standard InChI is InChI=1S/C25H26N2O3S/c1-3-17-8-6-9-18(16-17)26-24(28)22-19-10-4-5-11-20(19)25(29)27(13-14-30-2)23(22)21-12-7-15-31-21/h4-12,15-16,22-23H,3,13-14H2,1-2H3,(H,26,28)/t22-,23-/m0/s1. The molecule has 5 nitrogen and oxygen atoms in total. The highest BCUT2D eigenvalue weighted by Crippen LogP contribution is 2.44. The molecule has 1 N–H and O–H groups in total. The zero-order valence-corrected chi connectivity index (χ0v) is 18.5. The number of nitrogens with one attached hydrogen (secondary N) is 1. The number of aryl methyl sites for hydroxylation is 1. The number of benzene rings is 2. The highest BCUT2D eigenvalue weighted by atomic mass is 32.1. The molecule has 2 aromatic carbocycles. The minimum absolute atomic E-state index is 0.0666. The van der Waals surface area contributed by atoms with Crippen LogP contribution in [0.25, 0.3) is 0 Å². The summed E-state index contributed by atoms with van der Waals surface area (Å²) in [5.74, 6) is -0.702. The number of amides is 2. The van der Waals surface area contributed by atoms with Crippen molar-refractivity contribution in [2.75, 3.05) is 25.6 Å². The van der Waals surface area contributed by atoms with Crippen LogP contribution in [0.3, 0.4) is 0 Å². The van der Waals surface area contributed by atoms with E-state index in [2.05, 4.69) is 12.2 Å². The van der Waals surface area contributed by atoms with Gasteiger partial charge in [0.05, 0.1) is 18.6 Å². The zero-order valence-electron chi connectivity index (χ0n) is 17.7. The Hall–Kier alpha value is -2.96. The number of thiophene rings is 1. The van der Waals surface area contributed by atoms with Gasteiger partial charge in [0.2, 0.25) is 5.91 Å². The Morgan fingerprint density at radius 2 is 1.97 bits per heavy atom. The second-order valence-corrected chi connectivity index (χ2v) is 8.54. The largest absolute Gasteiger partial charge is 0.383 e. The van der Waals surface area contributed by atoms with Crippen molar-refractivity contribution in [2.45, 2.75) is 25.3 Å². The summed E-state index contributed by atoms with van der Waals surface area (Å²) in [5, 5.41) is 5.09. The normalized spacial score (nSPS) is 18.0. The lowest BCUT2D eigenvalue weighted by Crippen LogP contribution is -2.47. The van der Waals surface area contributed by atoms with Gasteiger partial charge in [0.25, 0.3) is 5.91 Å². The zero-order chi connectivity index (χ0) is 21.8. The Kier molecular flexibility index (Phi) is 6.49. The predicted octanol–water partition coefficient (Wildman–Crippen LogP) is 4.88. The number of ether oxygens (including phenoxy) is 1.